The highest BCUT2D eigenvalue weighted by molar-refractivity contribution is 5.99. The van der Waals surface area contributed by atoms with Gasteiger partial charge in [-0.05, 0) is 30.3 Å². The van der Waals surface area contributed by atoms with Crippen LogP contribution in [0, 0.1) is 0 Å². The maximum atomic E-state index is 12.3. The number of rotatable bonds is 6. The smallest absolute Gasteiger partial charge is 0.343 e. The lowest BCUT2D eigenvalue weighted by molar-refractivity contribution is -0.118. The standard InChI is InChI=1S/C19H17NO7/c1-25-13-8-7-12-14(27-19(24)16(12)17(13)26-2)9-15(21)20-11-5-3-10(4-6-11)18(22)23/h3-8,14H,9H2,1-2H3,(H,20,21)(H,22,23)/t14-/m0/s1. The van der Waals surface area contributed by atoms with E-state index in [4.69, 9.17) is 19.3 Å². The number of carboxylic acid groups (broad SMARTS) is 1. The van der Waals surface area contributed by atoms with Gasteiger partial charge in [-0.2, -0.15) is 0 Å². The molecule has 0 spiro atoms. The Morgan fingerprint density at radius 2 is 1.81 bits per heavy atom. The highest BCUT2D eigenvalue weighted by atomic mass is 16.6. The Labute approximate surface area is 154 Å². The Hall–Kier alpha value is -3.55. The predicted octanol–water partition coefficient (Wildman–Crippen LogP) is 2.64. The number of nitrogens with one attached hydrogen (secondary N) is 1. The minimum atomic E-state index is -1.05. The summed E-state index contributed by atoms with van der Waals surface area (Å²) >= 11 is 0. The maximum Gasteiger partial charge on any atom is 0.343 e. The third-order valence-corrected chi connectivity index (χ3v) is 4.16. The highest BCUT2D eigenvalue weighted by Crippen LogP contribution is 2.43. The molecule has 8 heteroatoms. The third-order valence-electron chi connectivity index (χ3n) is 4.16. The molecule has 0 unspecified atom stereocenters. The zero-order valence-electron chi connectivity index (χ0n) is 14.6. The topological polar surface area (TPSA) is 111 Å². The molecule has 1 heterocycles. The summed E-state index contributed by atoms with van der Waals surface area (Å²) in [5, 5.41) is 11.5. The fraction of sp³-hybridized carbons (Fsp3) is 0.211. The molecule has 27 heavy (non-hydrogen) atoms. The van der Waals surface area contributed by atoms with Crippen molar-refractivity contribution in [1.82, 2.24) is 0 Å². The normalized spacial score (nSPS) is 14.9. The van der Waals surface area contributed by atoms with Gasteiger partial charge in [0.05, 0.1) is 26.2 Å². The van der Waals surface area contributed by atoms with Crippen LogP contribution in [0.15, 0.2) is 36.4 Å². The Bertz CT molecular complexity index is 905. The molecule has 0 aliphatic carbocycles. The number of aromatic carboxylic acids is 1. The number of carbonyl (C=O) groups is 3. The zero-order chi connectivity index (χ0) is 19.6. The minimum absolute atomic E-state index is 0.0884. The van der Waals surface area contributed by atoms with Crippen molar-refractivity contribution in [2.45, 2.75) is 12.5 Å². The van der Waals surface area contributed by atoms with Crippen LogP contribution < -0.4 is 14.8 Å². The number of hydrogen-bond acceptors (Lipinski definition) is 6. The summed E-state index contributed by atoms with van der Waals surface area (Å²) in [5.41, 5.74) is 1.36. The number of esters is 1. The molecule has 2 N–H and O–H groups in total. The van der Waals surface area contributed by atoms with Crippen LogP contribution in [0.2, 0.25) is 0 Å². The number of carboxylic acids is 1. The monoisotopic (exact) mass is 371 g/mol. The van der Waals surface area contributed by atoms with Crippen LogP contribution in [0.4, 0.5) is 5.69 Å². The fourth-order valence-electron chi connectivity index (χ4n) is 2.90. The van der Waals surface area contributed by atoms with Crippen molar-refractivity contribution < 1.29 is 33.7 Å². The molecule has 2 aromatic carbocycles. The van der Waals surface area contributed by atoms with E-state index in [2.05, 4.69) is 5.32 Å². The van der Waals surface area contributed by atoms with Gasteiger partial charge in [-0.3, -0.25) is 4.79 Å². The lowest BCUT2D eigenvalue weighted by Gasteiger charge is -2.12. The molecule has 1 aliphatic heterocycles. The summed E-state index contributed by atoms with van der Waals surface area (Å²) in [6, 6.07) is 9.07. The summed E-state index contributed by atoms with van der Waals surface area (Å²) in [7, 11) is 2.89. The molecular weight excluding hydrogens is 354 g/mol. The molecule has 3 rings (SSSR count). The van der Waals surface area contributed by atoms with Gasteiger partial charge in [0.15, 0.2) is 11.5 Å². The second-order valence-corrected chi connectivity index (χ2v) is 5.79. The summed E-state index contributed by atoms with van der Waals surface area (Å²) in [5.74, 6) is -1.33. The Balaban J connectivity index is 1.75. The largest absolute Gasteiger partial charge is 0.493 e. The van der Waals surface area contributed by atoms with Crippen LogP contribution in [0.1, 0.15) is 38.8 Å². The van der Waals surface area contributed by atoms with Gasteiger partial charge >= 0.3 is 11.9 Å². The number of amides is 1. The van der Waals surface area contributed by atoms with Crippen molar-refractivity contribution >= 4 is 23.5 Å². The first kappa shape index (κ1) is 18.2. The predicted molar refractivity (Wildman–Crippen MR) is 94.4 cm³/mol. The van der Waals surface area contributed by atoms with Gasteiger partial charge in [-0.15, -0.1) is 0 Å². The van der Waals surface area contributed by atoms with Crippen molar-refractivity contribution in [3.8, 4) is 11.5 Å². The van der Waals surface area contributed by atoms with Crippen LogP contribution >= 0.6 is 0 Å². The van der Waals surface area contributed by atoms with E-state index in [1.54, 1.807) is 12.1 Å². The van der Waals surface area contributed by atoms with E-state index in [0.29, 0.717) is 17.0 Å². The minimum Gasteiger partial charge on any atom is -0.493 e. The van der Waals surface area contributed by atoms with E-state index in [1.165, 1.54) is 38.5 Å². The quantitative estimate of drug-likeness (QED) is 0.751. The molecule has 1 aliphatic rings. The van der Waals surface area contributed by atoms with Crippen LogP contribution in [0.25, 0.3) is 0 Å². The summed E-state index contributed by atoms with van der Waals surface area (Å²) < 4.78 is 15.8. The number of anilines is 1. The third kappa shape index (κ3) is 3.55. The van der Waals surface area contributed by atoms with Gasteiger partial charge in [-0.1, -0.05) is 6.07 Å². The molecule has 0 aromatic heterocycles. The van der Waals surface area contributed by atoms with E-state index in [0.717, 1.165) is 0 Å². The number of benzene rings is 2. The number of cyclic esters (lactones) is 1. The van der Waals surface area contributed by atoms with Crippen molar-refractivity contribution in [3.05, 3.63) is 53.1 Å². The number of ether oxygens (including phenoxy) is 3. The lowest BCUT2D eigenvalue weighted by atomic mass is 10.0. The number of carbonyl (C=O) groups excluding carboxylic acids is 2. The Morgan fingerprint density at radius 1 is 1.11 bits per heavy atom. The molecule has 140 valence electrons. The van der Waals surface area contributed by atoms with E-state index in [9.17, 15) is 14.4 Å². The number of hydrogen-bond donors (Lipinski definition) is 2. The first-order chi connectivity index (χ1) is 12.9. The van der Waals surface area contributed by atoms with Gasteiger partial charge in [-0.25, -0.2) is 9.59 Å². The summed E-state index contributed by atoms with van der Waals surface area (Å²) in [6.07, 6.45) is -0.833. The van der Waals surface area contributed by atoms with E-state index >= 15 is 0 Å². The van der Waals surface area contributed by atoms with Crippen LogP contribution in [-0.2, 0) is 9.53 Å². The zero-order valence-corrected chi connectivity index (χ0v) is 14.6. The molecule has 1 amide bonds. The van der Waals surface area contributed by atoms with Gasteiger partial charge in [0.1, 0.15) is 11.7 Å². The van der Waals surface area contributed by atoms with Crippen LogP contribution in [0.5, 0.6) is 11.5 Å². The average molecular weight is 371 g/mol. The Morgan fingerprint density at radius 3 is 2.41 bits per heavy atom. The average Bonchev–Trinajstić information content (AvgIpc) is 2.96. The van der Waals surface area contributed by atoms with Gasteiger partial charge in [0, 0.05) is 11.3 Å². The molecule has 8 nitrogen and oxygen atoms in total. The van der Waals surface area contributed by atoms with E-state index in [-0.39, 0.29) is 29.2 Å². The van der Waals surface area contributed by atoms with Gasteiger partial charge < -0.3 is 24.6 Å². The fourth-order valence-corrected chi connectivity index (χ4v) is 2.90. The summed E-state index contributed by atoms with van der Waals surface area (Å²) in [6.45, 7) is 0. The van der Waals surface area contributed by atoms with Crippen molar-refractivity contribution in [2.75, 3.05) is 19.5 Å². The van der Waals surface area contributed by atoms with E-state index < -0.39 is 18.0 Å². The molecule has 1 atom stereocenters. The van der Waals surface area contributed by atoms with Crippen LogP contribution in [-0.4, -0.2) is 37.2 Å². The number of fused-ring (bicyclic) bond motifs is 1. The highest BCUT2D eigenvalue weighted by Gasteiger charge is 2.36. The molecule has 0 radical (unpaired) electrons. The lowest BCUT2D eigenvalue weighted by Crippen LogP contribution is -2.15. The van der Waals surface area contributed by atoms with Crippen molar-refractivity contribution in [3.63, 3.8) is 0 Å². The molecular formula is C19H17NO7. The molecule has 0 fully saturated rings. The first-order valence-corrected chi connectivity index (χ1v) is 8.03. The van der Waals surface area contributed by atoms with Gasteiger partial charge in [0.25, 0.3) is 0 Å². The summed E-state index contributed by atoms with van der Waals surface area (Å²) in [4.78, 5) is 35.4. The van der Waals surface area contributed by atoms with Crippen molar-refractivity contribution in [1.29, 1.82) is 0 Å². The second-order valence-electron chi connectivity index (χ2n) is 5.79. The van der Waals surface area contributed by atoms with E-state index in [1.807, 2.05) is 0 Å². The van der Waals surface area contributed by atoms with Crippen molar-refractivity contribution in [2.24, 2.45) is 0 Å². The second kappa shape index (κ2) is 7.36. The molecule has 0 saturated heterocycles. The molecule has 0 bridgehead atoms. The number of methoxy groups -OCH3 is 2. The maximum absolute atomic E-state index is 12.3. The Kier molecular flexibility index (Phi) is 4.98. The molecule has 2 aromatic rings. The van der Waals surface area contributed by atoms with Gasteiger partial charge in [0.2, 0.25) is 5.91 Å². The first-order valence-electron chi connectivity index (χ1n) is 8.03. The van der Waals surface area contributed by atoms with Crippen LogP contribution in [0.3, 0.4) is 0 Å². The SMILES string of the molecule is COc1ccc2c(c1OC)C(=O)O[C@H]2CC(=O)Nc1ccc(C(=O)O)cc1. The molecule has 0 saturated carbocycles.